The summed E-state index contributed by atoms with van der Waals surface area (Å²) in [6, 6.07) is 7.10. The number of aliphatic hydroxyl groups is 1. The zero-order valence-electron chi connectivity index (χ0n) is 9.49. The van der Waals surface area contributed by atoms with Crippen molar-refractivity contribution in [2.24, 2.45) is 0 Å². The molecule has 0 aliphatic rings. The van der Waals surface area contributed by atoms with Crippen molar-refractivity contribution in [2.45, 2.75) is 6.61 Å². The normalized spacial score (nSPS) is 10.7. The Labute approximate surface area is 98.4 Å². The van der Waals surface area contributed by atoms with Crippen LogP contribution in [0.4, 0.5) is 5.69 Å². The molecule has 0 radical (unpaired) electrons. The van der Waals surface area contributed by atoms with Crippen LogP contribution >= 0.6 is 0 Å². The summed E-state index contributed by atoms with van der Waals surface area (Å²) in [5.74, 6) is 0.413. The van der Waals surface area contributed by atoms with Crippen LogP contribution in [-0.2, 0) is 11.4 Å². The number of fused-ring (bicyclic) bond motifs is 1. The number of hydrogen-bond acceptors (Lipinski definition) is 4. The van der Waals surface area contributed by atoms with Crippen LogP contribution in [0.2, 0.25) is 0 Å². The molecule has 1 amide bonds. The molecule has 0 saturated carbocycles. The summed E-state index contributed by atoms with van der Waals surface area (Å²) < 4.78 is 5.35. The van der Waals surface area contributed by atoms with E-state index in [1.54, 1.807) is 25.2 Å². The molecule has 2 rings (SSSR count). The van der Waals surface area contributed by atoms with Gasteiger partial charge < -0.3 is 20.2 Å². The maximum Gasteiger partial charge on any atom is 0.238 e. The molecule has 5 heteroatoms. The predicted molar refractivity (Wildman–Crippen MR) is 64.7 cm³/mol. The molecule has 0 atom stereocenters. The van der Waals surface area contributed by atoms with Gasteiger partial charge in [0.05, 0.1) is 6.54 Å². The molecule has 0 saturated heterocycles. The van der Waals surface area contributed by atoms with Crippen LogP contribution in [0.25, 0.3) is 11.0 Å². The summed E-state index contributed by atoms with van der Waals surface area (Å²) in [7, 11) is 1.71. The Morgan fingerprint density at radius 3 is 2.94 bits per heavy atom. The molecule has 0 aliphatic carbocycles. The molecule has 0 spiro atoms. The third-order valence-corrected chi connectivity index (χ3v) is 2.34. The number of hydrogen-bond donors (Lipinski definition) is 3. The van der Waals surface area contributed by atoms with Crippen molar-refractivity contribution in [3.63, 3.8) is 0 Å². The number of rotatable bonds is 4. The zero-order valence-corrected chi connectivity index (χ0v) is 9.49. The maximum atomic E-state index is 11.4. The van der Waals surface area contributed by atoms with Crippen molar-refractivity contribution in [3.05, 3.63) is 30.0 Å². The van der Waals surface area contributed by atoms with Gasteiger partial charge in [0.1, 0.15) is 18.0 Å². The summed E-state index contributed by atoms with van der Waals surface area (Å²) in [5, 5.41) is 15.3. The van der Waals surface area contributed by atoms with Crippen LogP contribution in [-0.4, -0.2) is 24.6 Å². The number of carbonyl (C=O) groups is 1. The van der Waals surface area contributed by atoms with Crippen molar-refractivity contribution in [1.29, 1.82) is 0 Å². The summed E-state index contributed by atoms with van der Waals surface area (Å²) >= 11 is 0. The Morgan fingerprint density at radius 2 is 2.24 bits per heavy atom. The second-order valence-electron chi connectivity index (χ2n) is 3.70. The average Bonchev–Trinajstić information content (AvgIpc) is 2.71. The van der Waals surface area contributed by atoms with Crippen LogP contribution in [0, 0.1) is 0 Å². The second-order valence-corrected chi connectivity index (χ2v) is 3.70. The maximum absolute atomic E-state index is 11.4. The second kappa shape index (κ2) is 4.99. The molecular weight excluding hydrogens is 220 g/mol. The van der Waals surface area contributed by atoms with Crippen LogP contribution in [0.1, 0.15) is 5.76 Å². The predicted octanol–water partition coefficient (Wildman–Crippen LogP) is 1.08. The van der Waals surface area contributed by atoms with E-state index in [-0.39, 0.29) is 19.1 Å². The number of amides is 1. The quantitative estimate of drug-likeness (QED) is 0.740. The van der Waals surface area contributed by atoms with Gasteiger partial charge in [0.15, 0.2) is 0 Å². The SMILES string of the molecule is CNCC(=O)Nc1ccc2oc(CO)cc2c1. The molecule has 2 aromatic rings. The summed E-state index contributed by atoms with van der Waals surface area (Å²) in [4.78, 5) is 11.4. The molecule has 3 N–H and O–H groups in total. The number of carbonyl (C=O) groups excluding carboxylic acids is 1. The molecule has 90 valence electrons. The van der Waals surface area contributed by atoms with E-state index in [1.807, 2.05) is 6.07 Å². The lowest BCUT2D eigenvalue weighted by Gasteiger charge is -2.03. The van der Waals surface area contributed by atoms with Crippen molar-refractivity contribution in [2.75, 3.05) is 18.9 Å². The van der Waals surface area contributed by atoms with E-state index in [4.69, 9.17) is 9.52 Å². The first-order chi connectivity index (χ1) is 8.22. The van der Waals surface area contributed by atoms with Gasteiger partial charge in [-0.15, -0.1) is 0 Å². The molecule has 0 unspecified atom stereocenters. The van der Waals surface area contributed by atoms with Crippen LogP contribution < -0.4 is 10.6 Å². The number of anilines is 1. The van der Waals surface area contributed by atoms with E-state index in [9.17, 15) is 4.79 Å². The van der Waals surface area contributed by atoms with Gasteiger partial charge in [0.2, 0.25) is 5.91 Å². The number of nitrogens with one attached hydrogen (secondary N) is 2. The summed E-state index contributed by atoms with van der Waals surface area (Å²) in [5.41, 5.74) is 1.41. The monoisotopic (exact) mass is 234 g/mol. The first-order valence-electron chi connectivity index (χ1n) is 5.30. The highest BCUT2D eigenvalue weighted by Gasteiger charge is 2.05. The highest BCUT2D eigenvalue weighted by atomic mass is 16.4. The summed E-state index contributed by atoms with van der Waals surface area (Å²) in [6.07, 6.45) is 0. The minimum absolute atomic E-state index is 0.0993. The van der Waals surface area contributed by atoms with Crippen molar-refractivity contribution >= 4 is 22.6 Å². The Balaban J connectivity index is 2.21. The van der Waals surface area contributed by atoms with E-state index < -0.39 is 0 Å². The van der Waals surface area contributed by atoms with E-state index >= 15 is 0 Å². The first kappa shape index (κ1) is 11.6. The first-order valence-corrected chi connectivity index (χ1v) is 5.30. The van der Waals surface area contributed by atoms with Gasteiger partial charge in [0, 0.05) is 11.1 Å². The fourth-order valence-corrected chi connectivity index (χ4v) is 1.62. The van der Waals surface area contributed by atoms with Crippen molar-refractivity contribution < 1.29 is 14.3 Å². The minimum atomic E-state index is -0.129. The fourth-order valence-electron chi connectivity index (χ4n) is 1.62. The van der Waals surface area contributed by atoms with E-state index in [0.29, 0.717) is 17.0 Å². The lowest BCUT2D eigenvalue weighted by Crippen LogP contribution is -2.24. The highest BCUT2D eigenvalue weighted by Crippen LogP contribution is 2.23. The Bertz CT molecular complexity index is 534. The standard InChI is InChI=1S/C12H14N2O3/c1-13-6-12(16)14-9-2-3-11-8(4-9)5-10(7-15)17-11/h2-5,13,15H,6-7H2,1H3,(H,14,16). The van der Waals surface area contributed by atoms with Crippen molar-refractivity contribution in [1.82, 2.24) is 5.32 Å². The van der Waals surface area contributed by atoms with Gasteiger partial charge in [-0.25, -0.2) is 0 Å². The highest BCUT2D eigenvalue weighted by molar-refractivity contribution is 5.94. The van der Waals surface area contributed by atoms with Gasteiger partial charge in [0.25, 0.3) is 0 Å². The molecule has 0 fully saturated rings. The number of likely N-dealkylation sites (N-methyl/N-ethyl adjacent to an activating group) is 1. The van der Waals surface area contributed by atoms with E-state index in [2.05, 4.69) is 10.6 Å². The fraction of sp³-hybridized carbons (Fsp3) is 0.250. The number of benzene rings is 1. The van der Waals surface area contributed by atoms with E-state index in [1.165, 1.54) is 0 Å². The van der Waals surface area contributed by atoms with Gasteiger partial charge in [-0.1, -0.05) is 0 Å². The Hall–Kier alpha value is -1.85. The molecule has 5 nitrogen and oxygen atoms in total. The molecule has 0 aliphatic heterocycles. The molecule has 17 heavy (non-hydrogen) atoms. The Kier molecular flexibility index (Phi) is 3.41. The lowest BCUT2D eigenvalue weighted by atomic mass is 10.2. The van der Waals surface area contributed by atoms with Crippen LogP contribution in [0.15, 0.2) is 28.7 Å². The largest absolute Gasteiger partial charge is 0.459 e. The summed E-state index contributed by atoms with van der Waals surface area (Å²) in [6.45, 7) is 0.140. The van der Waals surface area contributed by atoms with Crippen molar-refractivity contribution in [3.8, 4) is 0 Å². The Morgan fingerprint density at radius 1 is 1.41 bits per heavy atom. The molecular formula is C12H14N2O3. The van der Waals surface area contributed by atoms with Gasteiger partial charge in [-0.05, 0) is 31.3 Å². The third kappa shape index (κ3) is 2.64. The smallest absolute Gasteiger partial charge is 0.238 e. The van der Waals surface area contributed by atoms with Gasteiger partial charge in [-0.2, -0.15) is 0 Å². The third-order valence-electron chi connectivity index (χ3n) is 2.34. The lowest BCUT2D eigenvalue weighted by molar-refractivity contribution is -0.115. The molecule has 0 bridgehead atoms. The topological polar surface area (TPSA) is 74.5 Å². The molecule has 1 aromatic heterocycles. The minimum Gasteiger partial charge on any atom is -0.459 e. The van der Waals surface area contributed by atoms with Crippen LogP contribution in [0.3, 0.4) is 0 Å². The number of furan rings is 1. The zero-order chi connectivity index (χ0) is 12.3. The number of aliphatic hydroxyl groups excluding tert-OH is 1. The van der Waals surface area contributed by atoms with E-state index in [0.717, 1.165) is 5.39 Å². The van der Waals surface area contributed by atoms with Gasteiger partial charge in [-0.3, -0.25) is 4.79 Å². The van der Waals surface area contributed by atoms with Crippen LogP contribution in [0.5, 0.6) is 0 Å². The molecule has 1 aromatic carbocycles. The molecule has 1 heterocycles. The van der Waals surface area contributed by atoms with Gasteiger partial charge >= 0.3 is 0 Å². The average molecular weight is 234 g/mol.